The number of hydrogen-bond donors (Lipinski definition) is 2. The molecule has 0 heterocycles. The molecule has 0 bridgehead atoms. The Morgan fingerprint density at radius 1 is 0.921 bits per heavy atom. The summed E-state index contributed by atoms with van der Waals surface area (Å²) in [5.41, 5.74) is 3.20. The number of hydrogen-bond acceptors (Lipinski definition) is 5. The number of rotatable bonds is 15. The van der Waals surface area contributed by atoms with Gasteiger partial charge >= 0.3 is 0 Å². The molecule has 5 nitrogen and oxygen atoms in total. The molecule has 0 saturated carbocycles. The van der Waals surface area contributed by atoms with Gasteiger partial charge in [0, 0.05) is 48.5 Å². The van der Waals surface area contributed by atoms with Gasteiger partial charge in [-0.1, -0.05) is 44.2 Å². The van der Waals surface area contributed by atoms with Crippen molar-refractivity contribution in [1.29, 1.82) is 0 Å². The highest BCUT2D eigenvalue weighted by Crippen LogP contribution is 2.21. The summed E-state index contributed by atoms with van der Waals surface area (Å²) in [5.74, 6) is -0.247. The van der Waals surface area contributed by atoms with Gasteiger partial charge in [0.2, 0.25) is 6.41 Å². The molecule has 206 valence electrons. The summed E-state index contributed by atoms with van der Waals surface area (Å²) in [7, 11) is 1.95. The Balaban J connectivity index is 0.00000247. The van der Waals surface area contributed by atoms with Gasteiger partial charge in [-0.15, -0.1) is 0 Å². The van der Waals surface area contributed by atoms with E-state index >= 15 is 0 Å². The summed E-state index contributed by atoms with van der Waals surface area (Å²) >= 11 is 1.61. The second kappa shape index (κ2) is 16.7. The van der Waals surface area contributed by atoms with Gasteiger partial charge in [-0.3, -0.25) is 4.79 Å². The van der Waals surface area contributed by atoms with Crippen LogP contribution in [0, 0.1) is 5.82 Å². The molecule has 7 heteroatoms. The van der Waals surface area contributed by atoms with Crippen molar-refractivity contribution in [3.05, 3.63) is 90.2 Å². The van der Waals surface area contributed by atoms with Crippen LogP contribution >= 0.6 is 11.9 Å². The Kier molecular flexibility index (Phi) is 13.7. The smallest absolute Gasteiger partial charge is 0.209 e. The van der Waals surface area contributed by atoms with E-state index in [1.807, 2.05) is 48.9 Å². The zero-order valence-corrected chi connectivity index (χ0v) is 24.2. The molecular formula is C31H43FN4OS. The van der Waals surface area contributed by atoms with Crippen molar-refractivity contribution in [3.8, 4) is 0 Å². The van der Waals surface area contributed by atoms with Crippen molar-refractivity contribution in [3.63, 3.8) is 0 Å². The molecule has 0 aliphatic heterocycles. The first kappa shape index (κ1) is 31.2. The van der Waals surface area contributed by atoms with Crippen molar-refractivity contribution in [1.82, 2.24) is 10.2 Å². The predicted octanol–water partition coefficient (Wildman–Crippen LogP) is 6.87. The van der Waals surface area contributed by atoms with Crippen LogP contribution in [0.25, 0.3) is 0 Å². The van der Waals surface area contributed by atoms with Crippen LogP contribution < -0.4 is 14.9 Å². The van der Waals surface area contributed by atoms with Crippen LogP contribution in [0.3, 0.4) is 0 Å². The van der Waals surface area contributed by atoms with Crippen LogP contribution in [-0.2, 0) is 11.2 Å². The molecule has 0 aliphatic rings. The molecular weight excluding hydrogens is 495 g/mol. The maximum Gasteiger partial charge on any atom is 0.209 e. The number of benzene rings is 3. The first-order valence-corrected chi connectivity index (χ1v) is 14.1. The summed E-state index contributed by atoms with van der Waals surface area (Å²) in [6.07, 6.45) is 2.69. The number of amides is 1. The van der Waals surface area contributed by atoms with Crippen LogP contribution in [0.15, 0.2) is 83.8 Å². The van der Waals surface area contributed by atoms with Gasteiger partial charge in [-0.2, -0.15) is 0 Å². The van der Waals surface area contributed by atoms with E-state index in [1.165, 1.54) is 22.6 Å². The molecule has 3 rings (SSSR count). The Morgan fingerprint density at radius 2 is 1.63 bits per heavy atom. The van der Waals surface area contributed by atoms with E-state index in [0.29, 0.717) is 19.6 Å². The lowest BCUT2D eigenvalue weighted by molar-refractivity contribution is -0.118. The van der Waals surface area contributed by atoms with Crippen LogP contribution in [0.5, 0.6) is 0 Å². The first-order chi connectivity index (χ1) is 18.3. The van der Waals surface area contributed by atoms with Crippen molar-refractivity contribution in [2.24, 2.45) is 0 Å². The summed E-state index contributed by atoms with van der Waals surface area (Å²) < 4.78 is 16.6. The highest BCUT2D eigenvalue weighted by molar-refractivity contribution is 8.00. The summed E-state index contributed by atoms with van der Waals surface area (Å²) in [6, 6.07) is 25.2. The zero-order valence-electron chi connectivity index (χ0n) is 23.4. The lowest BCUT2D eigenvalue weighted by atomic mass is 9.99. The summed E-state index contributed by atoms with van der Waals surface area (Å²) in [6.45, 7) is 11.2. The van der Waals surface area contributed by atoms with Gasteiger partial charge < -0.3 is 19.8 Å². The fraction of sp³-hybridized carbons (Fsp3) is 0.387. The van der Waals surface area contributed by atoms with Gasteiger partial charge in [0.05, 0.1) is 0 Å². The van der Waals surface area contributed by atoms with Crippen molar-refractivity contribution < 1.29 is 9.18 Å². The Bertz CT molecular complexity index is 1060. The molecule has 3 aromatic carbocycles. The quantitative estimate of drug-likeness (QED) is 0.163. The Labute approximate surface area is 233 Å². The highest BCUT2D eigenvalue weighted by atomic mass is 32.2. The van der Waals surface area contributed by atoms with E-state index in [9.17, 15) is 9.18 Å². The molecule has 3 aromatic rings. The molecule has 0 fully saturated rings. The van der Waals surface area contributed by atoms with E-state index in [0.717, 1.165) is 37.2 Å². The Hall–Kier alpha value is -3.03. The largest absolute Gasteiger partial charge is 0.373 e. The lowest BCUT2D eigenvalue weighted by Gasteiger charge is -2.30. The van der Waals surface area contributed by atoms with Crippen molar-refractivity contribution >= 4 is 29.7 Å². The summed E-state index contributed by atoms with van der Waals surface area (Å²) in [4.78, 5) is 16.6. The van der Waals surface area contributed by atoms with Gasteiger partial charge in [0.1, 0.15) is 5.82 Å². The minimum absolute atomic E-state index is 0.0941. The van der Waals surface area contributed by atoms with E-state index < -0.39 is 0 Å². The topological polar surface area (TPSA) is 47.6 Å². The molecule has 0 spiro atoms. The molecule has 0 unspecified atom stereocenters. The average Bonchev–Trinajstić information content (AvgIpc) is 2.94. The number of nitrogens with one attached hydrogen (secondary N) is 2. The molecule has 2 N–H and O–H groups in total. The maximum absolute atomic E-state index is 13.1. The van der Waals surface area contributed by atoms with E-state index in [1.54, 1.807) is 24.1 Å². The van der Waals surface area contributed by atoms with E-state index in [4.69, 9.17) is 0 Å². The number of likely N-dealkylation sites (N-methyl/N-ethyl adjacent to an activating group) is 1. The average molecular weight is 539 g/mol. The molecule has 0 aliphatic carbocycles. The van der Waals surface area contributed by atoms with Crippen molar-refractivity contribution in [2.45, 2.75) is 51.0 Å². The summed E-state index contributed by atoms with van der Waals surface area (Å²) in [5, 5.41) is 3.65. The third-order valence-corrected chi connectivity index (χ3v) is 6.98. The molecule has 0 aromatic heterocycles. The minimum atomic E-state index is -0.247. The molecule has 0 atom stereocenters. The first-order valence-electron chi connectivity index (χ1n) is 13.3. The van der Waals surface area contributed by atoms with Gasteiger partial charge in [0.15, 0.2) is 0 Å². The maximum atomic E-state index is 13.1. The zero-order chi connectivity index (χ0) is 27.8. The van der Waals surface area contributed by atoms with Crippen LogP contribution in [0.2, 0.25) is 0 Å². The molecule has 1 amide bonds. The van der Waals surface area contributed by atoms with Gasteiger partial charge in [-0.25, -0.2) is 4.39 Å². The third-order valence-electron chi connectivity index (χ3n) is 6.14. The lowest BCUT2D eigenvalue weighted by Crippen LogP contribution is -2.44. The second-order valence-corrected chi connectivity index (χ2v) is 10.4. The monoisotopic (exact) mass is 538 g/mol. The van der Waals surface area contributed by atoms with Gasteiger partial charge in [-0.05, 0) is 99.3 Å². The normalized spacial score (nSPS) is 10.8. The predicted molar refractivity (Wildman–Crippen MR) is 161 cm³/mol. The Morgan fingerprint density at radius 3 is 2.32 bits per heavy atom. The highest BCUT2D eigenvalue weighted by Gasteiger charge is 2.18. The number of nitrogens with zero attached hydrogens (tertiary/aromatic N) is 2. The number of carbonyl (C=O) groups is 1. The fourth-order valence-electron chi connectivity index (χ4n) is 3.77. The number of anilines is 2. The van der Waals surface area contributed by atoms with Gasteiger partial charge in [0.25, 0.3) is 0 Å². The fourth-order valence-corrected chi connectivity index (χ4v) is 4.43. The van der Waals surface area contributed by atoms with E-state index in [-0.39, 0.29) is 11.4 Å². The SMILES string of the molecule is CC.CN(CCN(C=O)CCC(C)(C)NCCc1cccc(NSc2ccccc2)c1)c1ccc(F)cc1. The number of carbonyl (C=O) groups excluding carboxylic acids is 1. The van der Waals surface area contributed by atoms with Crippen LogP contribution in [0.4, 0.5) is 15.8 Å². The molecule has 0 saturated heterocycles. The standard InChI is InChI=1S/C29H37FN4OS.C2H6/c1-29(2,17-19-34(23-35)21-20-33(3)27-14-12-25(30)13-15-27)31-18-16-24-8-7-9-26(22-24)32-36-28-10-5-4-6-11-28;1-2/h4-15,22-23,31-32H,16-21H2,1-3H3;1-2H3. The van der Waals surface area contributed by atoms with Crippen molar-refractivity contribution in [2.75, 3.05) is 42.8 Å². The number of halogens is 1. The van der Waals surface area contributed by atoms with E-state index in [2.05, 4.69) is 60.3 Å². The van der Waals surface area contributed by atoms with Crippen LogP contribution in [0.1, 0.15) is 39.7 Å². The minimum Gasteiger partial charge on any atom is -0.373 e. The molecule has 0 radical (unpaired) electrons. The van der Waals surface area contributed by atoms with Crippen LogP contribution in [-0.4, -0.2) is 50.1 Å². The second-order valence-electron chi connectivity index (χ2n) is 9.57. The third kappa shape index (κ3) is 11.6. The molecule has 38 heavy (non-hydrogen) atoms.